The lowest BCUT2D eigenvalue weighted by Crippen LogP contribution is -2.09. The molecule has 0 aliphatic heterocycles. The Kier molecular flexibility index (Phi) is 4.32. The van der Waals surface area contributed by atoms with Crippen molar-refractivity contribution >= 4 is 11.7 Å². The third-order valence-corrected chi connectivity index (χ3v) is 3.66. The Morgan fingerprint density at radius 3 is 2.19 bits per heavy atom. The average molecular weight is 283 g/mol. The molecular formula is C18H21NO2. The van der Waals surface area contributed by atoms with E-state index in [1.165, 1.54) is 5.56 Å². The fraction of sp³-hybridized carbons (Fsp3) is 0.278. The Balaban J connectivity index is 2.15. The molecular weight excluding hydrogens is 262 g/mol. The monoisotopic (exact) mass is 283 g/mol. The summed E-state index contributed by atoms with van der Waals surface area (Å²) in [5.41, 5.74) is 12.3. The zero-order chi connectivity index (χ0) is 15.6. The van der Waals surface area contributed by atoms with Crippen LogP contribution < -0.4 is 5.73 Å². The highest BCUT2D eigenvalue weighted by molar-refractivity contribution is 5.91. The van der Waals surface area contributed by atoms with Gasteiger partial charge in [0.1, 0.15) is 6.61 Å². The van der Waals surface area contributed by atoms with Gasteiger partial charge in [0, 0.05) is 5.69 Å². The first kappa shape index (κ1) is 15.1. The zero-order valence-electron chi connectivity index (χ0n) is 13.0. The zero-order valence-corrected chi connectivity index (χ0v) is 13.0. The van der Waals surface area contributed by atoms with Crippen molar-refractivity contribution in [3.05, 3.63) is 63.7 Å². The Bertz CT molecular complexity index is 667. The van der Waals surface area contributed by atoms with Gasteiger partial charge in [0.15, 0.2) is 0 Å². The van der Waals surface area contributed by atoms with Crippen LogP contribution in [0.25, 0.3) is 0 Å². The molecule has 0 aromatic heterocycles. The molecule has 0 heterocycles. The maximum Gasteiger partial charge on any atom is 0.338 e. The van der Waals surface area contributed by atoms with Gasteiger partial charge in [0.2, 0.25) is 0 Å². The van der Waals surface area contributed by atoms with Crippen molar-refractivity contribution < 1.29 is 9.53 Å². The van der Waals surface area contributed by atoms with E-state index in [-0.39, 0.29) is 5.97 Å². The predicted octanol–water partition coefficient (Wildman–Crippen LogP) is 3.86. The fourth-order valence-electron chi connectivity index (χ4n) is 2.57. The molecule has 0 saturated heterocycles. The van der Waals surface area contributed by atoms with Gasteiger partial charge in [-0.1, -0.05) is 17.7 Å². The van der Waals surface area contributed by atoms with E-state index in [9.17, 15) is 4.79 Å². The Morgan fingerprint density at radius 1 is 1.00 bits per heavy atom. The summed E-state index contributed by atoms with van der Waals surface area (Å²) in [6, 6.07) is 9.40. The van der Waals surface area contributed by atoms with Gasteiger partial charge in [-0.25, -0.2) is 4.79 Å². The smallest absolute Gasteiger partial charge is 0.338 e. The third kappa shape index (κ3) is 3.43. The van der Waals surface area contributed by atoms with E-state index in [0.29, 0.717) is 17.9 Å². The van der Waals surface area contributed by atoms with Crippen molar-refractivity contribution in [2.75, 3.05) is 5.73 Å². The topological polar surface area (TPSA) is 52.3 Å². The molecule has 110 valence electrons. The molecule has 2 aromatic carbocycles. The quantitative estimate of drug-likeness (QED) is 0.687. The number of benzene rings is 2. The minimum atomic E-state index is -0.313. The molecule has 0 radical (unpaired) electrons. The second-order valence-corrected chi connectivity index (χ2v) is 5.53. The van der Waals surface area contributed by atoms with E-state index >= 15 is 0 Å². The molecule has 3 nitrogen and oxygen atoms in total. The van der Waals surface area contributed by atoms with Gasteiger partial charge in [0.25, 0.3) is 0 Å². The van der Waals surface area contributed by atoms with E-state index in [4.69, 9.17) is 10.5 Å². The number of nitrogen functional groups attached to an aromatic ring is 1. The van der Waals surface area contributed by atoms with Crippen molar-refractivity contribution in [1.29, 1.82) is 0 Å². The molecule has 0 aliphatic carbocycles. The Hall–Kier alpha value is -2.29. The normalized spacial score (nSPS) is 10.5. The van der Waals surface area contributed by atoms with Gasteiger partial charge in [-0.2, -0.15) is 0 Å². The van der Waals surface area contributed by atoms with Crippen LogP contribution in [0.1, 0.15) is 38.2 Å². The SMILES string of the molecule is Cc1cc(C)c(COC(=O)c2ccc(N)cc2C)c(C)c1. The first-order valence-corrected chi connectivity index (χ1v) is 6.98. The number of carbonyl (C=O) groups is 1. The van der Waals surface area contributed by atoms with Crippen LogP contribution in [0.5, 0.6) is 0 Å². The van der Waals surface area contributed by atoms with Gasteiger partial charge in [-0.3, -0.25) is 0 Å². The molecule has 21 heavy (non-hydrogen) atoms. The summed E-state index contributed by atoms with van der Waals surface area (Å²) in [5, 5.41) is 0. The molecule has 0 fully saturated rings. The number of rotatable bonds is 3. The maximum absolute atomic E-state index is 12.2. The second kappa shape index (κ2) is 6.00. The number of hydrogen-bond donors (Lipinski definition) is 1. The average Bonchev–Trinajstić information content (AvgIpc) is 2.36. The highest BCUT2D eigenvalue weighted by Crippen LogP contribution is 2.19. The summed E-state index contributed by atoms with van der Waals surface area (Å²) in [6.07, 6.45) is 0. The largest absolute Gasteiger partial charge is 0.457 e. The van der Waals surface area contributed by atoms with E-state index in [0.717, 1.165) is 22.3 Å². The van der Waals surface area contributed by atoms with E-state index < -0.39 is 0 Å². The van der Waals surface area contributed by atoms with Crippen LogP contribution in [0, 0.1) is 27.7 Å². The Morgan fingerprint density at radius 2 is 1.62 bits per heavy atom. The van der Waals surface area contributed by atoms with Gasteiger partial charge in [0.05, 0.1) is 5.56 Å². The summed E-state index contributed by atoms with van der Waals surface area (Å²) in [4.78, 5) is 12.2. The molecule has 2 aromatic rings. The van der Waals surface area contributed by atoms with Crippen molar-refractivity contribution in [2.45, 2.75) is 34.3 Å². The summed E-state index contributed by atoms with van der Waals surface area (Å²) in [5.74, 6) is -0.313. The number of aryl methyl sites for hydroxylation is 4. The first-order chi connectivity index (χ1) is 9.88. The molecule has 0 unspecified atom stereocenters. The number of anilines is 1. The Labute approximate surface area is 125 Å². The lowest BCUT2D eigenvalue weighted by molar-refractivity contribution is 0.0471. The first-order valence-electron chi connectivity index (χ1n) is 6.98. The molecule has 0 aliphatic rings. The van der Waals surface area contributed by atoms with Gasteiger partial charge < -0.3 is 10.5 Å². The number of esters is 1. The predicted molar refractivity (Wildman–Crippen MR) is 85.4 cm³/mol. The van der Waals surface area contributed by atoms with Crippen molar-refractivity contribution in [2.24, 2.45) is 0 Å². The number of hydrogen-bond acceptors (Lipinski definition) is 3. The maximum atomic E-state index is 12.2. The lowest BCUT2D eigenvalue weighted by Gasteiger charge is -2.13. The van der Waals surface area contributed by atoms with Crippen LogP contribution in [0.4, 0.5) is 5.69 Å². The third-order valence-electron chi connectivity index (χ3n) is 3.66. The number of ether oxygens (including phenoxy) is 1. The number of carbonyl (C=O) groups excluding carboxylic acids is 1. The van der Waals surface area contributed by atoms with Crippen molar-refractivity contribution in [3.63, 3.8) is 0 Å². The molecule has 0 atom stereocenters. The van der Waals surface area contributed by atoms with E-state index in [1.807, 2.05) is 20.8 Å². The standard InChI is InChI=1S/C18H21NO2/c1-11-7-12(2)17(13(3)8-11)10-21-18(20)16-6-5-15(19)9-14(16)4/h5-9H,10,19H2,1-4H3. The van der Waals surface area contributed by atoms with E-state index in [2.05, 4.69) is 19.1 Å². The van der Waals surface area contributed by atoms with Crippen molar-refractivity contribution in [3.8, 4) is 0 Å². The van der Waals surface area contributed by atoms with E-state index in [1.54, 1.807) is 18.2 Å². The molecule has 0 spiro atoms. The van der Waals surface area contributed by atoms with Crippen LogP contribution in [-0.2, 0) is 11.3 Å². The summed E-state index contributed by atoms with van der Waals surface area (Å²) in [6.45, 7) is 8.29. The van der Waals surface area contributed by atoms with Crippen molar-refractivity contribution in [1.82, 2.24) is 0 Å². The summed E-state index contributed by atoms with van der Waals surface area (Å²) in [7, 11) is 0. The molecule has 2 rings (SSSR count). The second-order valence-electron chi connectivity index (χ2n) is 5.53. The minimum absolute atomic E-state index is 0.292. The summed E-state index contributed by atoms with van der Waals surface area (Å²) < 4.78 is 5.46. The number of nitrogens with two attached hydrogens (primary N) is 1. The minimum Gasteiger partial charge on any atom is -0.457 e. The fourth-order valence-corrected chi connectivity index (χ4v) is 2.57. The highest BCUT2D eigenvalue weighted by Gasteiger charge is 2.12. The van der Waals surface area contributed by atoms with Crippen LogP contribution in [0.15, 0.2) is 30.3 Å². The highest BCUT2D eigenvalue weighted by atomic mass is 16.5. The van der Waals surface area contributed by atoms with Gasteiger partial charge in [-0.15, -0.1) is 0 Å². The van der Waals surface area contributed by atoms with Gasteiger partial charge in [-0.05, 0) is 68.1 Å². The molecule has 3 heteroatoms. The van der Waals surface area contributed by atoms with Crippen LogP contribution in [-0.4, -0.2) is 5.97 Å². The van der Waals surface area contributed by atoms with Gasteiger partial charge >= 0.3 is 5.97 Å². The molecule has 0 saturated carbocycles. The lowest BCUT2D eigenvalue weighted by atomic mass is 10.0. The molecule has 2 N–H and O–H groups in total. The van der Waals surface area contributed by atoms with Crippen LogP contribution in [0.3, 0.4) is 0 Å². The molecule has 0 amide bonds. The summed E-state index contributed by atoms with van der Waals surface area (Å²) >= 11 is 0. The van der Waals surface area contributed by atoms with Crippen LogP contribution >= 0.6 is 0 Å². The molecule has 0 bridgehead atoms. The van der Waals surface area contributed by atoms with Crippen LogP contribution in [0.2, 0.25) is 0 Å².